The third-order valence-corrected chi connectivity index (χ3v) is 2.58. The van der Waals surface area contributed by atoms with Crippen molar-refractivity contribution in [1.82, 2.24) is 10.6 Å². The van der Waals surface area contributed by atoms with Crippen molar-refractivity contribution >= 4 is 17.6 Å². The lowest BCUT2D eigenvalue weighted by molar-refractivity contribution is -0.123. The predicted molar refractivity (Wildman–Crippen MR) is 82.6 cm³/mol. The molecule has 6 nitrogen and oxygen atoms in total. The van der Waals surface area contributed by atoms with Crippen molar-refractivity contribution in [2.75, 3.05) is 5.32 Å². The number of halogens is 2. The molecule has 128 valence electrons. The molecule has 8 heteroatoms. The maximum Gasteiger partial charge on any atom is 0.387 e. The lowest BCUT2D eigenvalue weighted by atomic mass is 10.1. The zero-order valence-corrected chi connectivity index (χ0v) is 13.4. The zero-order valence-electron chi connectivity index (χ0n) is 13.4. The summed E-state index contributed by atoms with van der Waals surface area (Å²) in [6, 6.07) is 4.13. The summed E-state index contributed by atoms with van der Waals surface area (Å²) in [6.45, 7) is 4.15. The summed E-state index contributed by atoms with van der Waals surface area (Å²) < 4.78 is 28.3. The molecule has 0 saturated carbocycles. The highest BCUT2D eigenvalue weighted by Crippen LogP contribution is 2.17. The summed E-state index contributed by atoms with van der Waals surface area (Å²) in [7, 11) is 0. The molecule has 0 fully saturated rings. The first-order valence-corrected chi connectivity index (χ1v) is 7.01. The number of amides is 3. The summed E-state index contributed by atoms with van der Waals surface area (Å²) in [6.07, 6.45) is 0. The van der Waals surface area contributed by atoms with Gasteiger partial charge < -0.3 is 20.7 Å². The van der Waals surface area contributed by atoms with Gasteiger partial charge in [0.25, 0.3) is 0 Å². The maximum atomic E-state index is 12.0. The normalized spacial score (nSPS) is 12.5. The van der Waals surface area contributed by atoms with Crippen LogP contribution in [0.4, 0.5) is 19.3 Å². The Hall–Kier alpha value is -2.38. The molecular formula is C15H21F2N3O3. The standard InChI is InChI=1S/C15H21F2N3O3/c1-9(12(21)20-15(2,3)4)18-14(22)19-10-5-7-11(8-6-10)23-13(16)17/h5-9,13H,1-4H3,(H,20,21)(H2,18,19,22)/t9-/m0/s1. The van der Waals surface area contributed by atoms with Gasteiger partial charge >= 0.3 is 12.6 Å². The van der Waals surface area contributed by atoms with E-state index < -0.39 is 24.2 Å². The van der Waals surface area contributed by atoms with Crippen molar-refractivity contribution < 1.29 is 23.1 Å². The summed E-state index contributed by atoms with van der Waals surface area (Å²) in [5.74, 6) is -0.322. The molecule has 0 radical (unpaired) electrons. The molecule has 0 saturated heterocycles. The number of anilines is 1. The van der Waals surface area contributed by atoms with Crippen LogP contribution in [0.3, 0.4) is 0 Å². The summed E-state index contributed by atoms with van der Waals surface area (Å²) in [5.41, 5.74) is -0.0168. The van der Waals surface area contributed by atoms with Gasteiger partial charge in [-0.25, -0.2) is 4.79 Å². The Labute approximate surface area is 133 Å². The molecule has 0 heterocycles. The Balaban J connectivity index is 2.51. The lowest BCUT2D eigenvalue weighted by Gasteiger charge is -2.23. The highest BCUT2D eigenvalue weighted by Gasteiger charge is 2.20. The van der Waals surface area contributed by atoms with Crippen LogP contribution in [-0.2, 0) is 4.79 Å². The average Bonchev–Trinajstić information content (AvgIpc) is 2.38. The van der Waals surface area contributed by atoms with Gasteiger partial charge in [-0.1, -0.05) is 0 Å². The minimum absolute atomic E-state index is 0.0103. The van der Waals surface area contributed by atoms with Gasteiger partial charge in [-0.2, -0.15) is 8.78 Å². The number of hydrogen-bond donors (Lipinski definition) is 3. The third kappa shape index (κ3) is 7.44. The molecule has 3 amide bonds. The summed E-state index contributed by atoms with van der Waals surface area (Å²) in [4.78, 5) is 23.7. The van der Waals surface area contributed by atoms with Crippen LogP contribution in [0.5, 0.6) is 5.75 Å². The second-order valence-corrected chi connectivity index (χ2v) is 5.96. The van der Waals surface area contributed by atoms with E-state index in [0.717, 1.165) is 0 Å². The Morgan fingerprint density at radius 2 is 1.70 bits per heavy atom. The molecular weight excluding hydrogens is 308 g/mol. The minimum atomic E-state index is -2.90. The second kappa shape index (κ2) is 7.75. The fourth-order valence-corrected chi connectivity index (χ4v) is 1.63. The molecule has 3 N–H and O–H groups in total. The molecule has 0 spiro atoms. The fourth-order valence-electron chi connectivity index (χ4n) is 1.63. The van der Waals surface area contributed by atoms with Gasteiger partial charge in [0, 0.05) is 11.2 Å². The SMILES string of the molecule is C[C@H](NC(=O)Nc1ccc(OC(F)F)cc1)C(=O)NC(C)(C)C. The molecule has 0 aliphatic heterocycles. The largest absolute Gasteiger partial charge is 0.435 e. The highest BCUT2D eigenvalue weighted by atomic mass is 19.3. The fraction of sp³-hybridized carbons (Fsp3) is 0.467. The number of nitrogens with one attached hydrogen (secondary N) is 3. The summed E-state index contributed by atoms with van der Waals surface area (Å²) in [5, 5.41) is 7.73. The monoisotopic (exact) mass is 329 g/mol. The molecule has 1 aromatic carbocycles. The van der Waals surface area contributed by atoms with E-state index >= 15 is 0 Å². The number of carbonyl (C=O) groups is 2. The van der Waals surface area contributed by atoms with Crippen LogP contribution in [0.15, 0.2) is 24.3 Å². The van der Waals surface area contributed by atoms with E-state index in [0.29, 0.717) is 5.69 Å². The van der Waals surface area contributed by atoms with Crippen LogP contribution < -0.4 is 20.7 Å². The van der Waals surface area contributed by atoms with Gasteiger partial charge in [0.15, 0.2) is 0 Å². The molecule has 23 heavy (non-hydrogen) atoms. The van der Waals surface area contributed by atoms with Crippen LogP contribution in [0.2, 0.25) is 0 Å². The van der Waals surface area contributed by atoms with Gasteiger partial charge in [0.2, 0.25) is 5.91 Å². The van der Waals surface area contributed by atoms with E-state index in [2.05, 4.69) is 20.7 Å². The number of rotatable bonds is 5. The van der Waals surface area contributed by atoms with Crippen molar-refractivity contribution in [3.05, 3.63) is 24.3 Å². The highest BCUT2D eigenvalue weighted by molar-refractivity contribution is 5.93. The van der Waals surface area contributed by atoms with Crippen LogP contribution in [0.25, 0.3) is 0 Å². The second-order valence-electron chi connectivity index (χ2n) is 5.96. The molecule has 0 aliphatic carbocycles. The number of urea groups is 1. The van der Waals surface area contributed by atoms with E-state index in [1.54, 1.807) is 6.92 Å². The van der Waals surface area contributed by atoms with Crippen molar-refractivity contribution in [2.24, 2.45) is 0 Å². The number of carbonyl (C=O) groups excluding carboxylic acids is 2. The van der Waals surface area contributed by atoms with Gasteiger partial charge in [-0.05, 0) is 52.0 Å². The smallest absolute Gasteiger partial charge is 0.387 e. The van der Waals surface area contributed by atoms with Crippen LogP contribution in [0, 0.1) is 0 Å². The maximum absolute atomic E-state index is 12.0. The number of benzene rings is 1. The summed E-state index contributed by atoms with van der Waals surface area (Å²) >= 11 is 0. The van der Waals surface area contributed by atoms with Crippen LogP contribution in [0.1, 0.15) is 27.7 Å². The zero-order chi connectivity index (χ0) is 17.6. The number of hydrogen-bond acceptors (Lipinski definition) is 3. The molecule has 1 atom stereocenters. The van der Waals surface area contributed by atoms with E-state index in [1.165, 1.54) is 24.3 Å². The molecule has 0 bridgehead atoms. The van der Waals surface area contributed by atoms with Gasteiger partial charge in [-0.3, -0.25) is 4.79 Å². The minimum Gasteiger partial charge on any atom is -0.435 e. The first-order valence-electron chi connectivity index (χ1n) is 7.01. The Morgan fingerprint density at radius 3 is 2.17 bits per heavy atom. The van der Waals surface area contributed by atoms with E-state index in [4.69, 9.17) is 0 Å². The topological polar surface area (TPSA) is 79.5 Å². The first kappa shape index (κ1) is 18.7. The quantitative estimate of drug-likeness (QED) is 0.777. The number of alkyl halides is 2. The lowest BCUT2D eigenvalue weighted by Crippen LogP contribution is -2.51. The van der Waals surface area contributed by atoms with Gasteiger partial charge in [0.05, 0.1) is 0 Å². The Bertz CT molecular complexity index is 542. The average molecular weight is 329 g/mol. The van der Waals surface area contributed by atoms with E-state index in [1.807, 2.05) is 20.8 Å². The van der Waals surface area contributed by atoms with Crippen molar-refractivity contribution in [3.63, 3.8) is 0 Å². The van der Waals surface area contributed by atoms with E-state index in [-0.39, 0.29) is 11.7 Å². The molecule has 0 unspecified atom stereocenters. The van der Waals surface area contributed by atoms with Crippen molar-refractivity contribution in [1.29, 1.82) is 0 Å². The number of ether oxygens (including phenoxy) is 1. The van der Waals surface area contributed by atoms with Crippen LogP contribution in [-0.4, -0.2) is 30.1 Å². The molecule has 0 aliphatic rings. The Kier molecular flexibility index (Phi) is 6.29. The molecule has 1 aromatic rings. The van der Waals surface area contributed by atoms with E-state index in [9.17, 15) is 18.4 Å². The molecule has 0 aromatic heterocycles. The Morgan fingerprint density at radius 1 is 1.13 bits per heavy atom. The predicted octanol–water partition coefficient (Wildman–Crippen LogP) is 2.71. The van der Waals surface area contributed by atoms with Gasteiger partial charge in [0.1, 0.15) is 11.8 Å². The van der Waals surface area contributed by atoms with Crippen molar-refractivity contribution in [2.45, 2.75) is 45.9 Å². The molecule has 1 rings (SSSR count). The van der Waals surface area contributed by atoms with Crippen LogP contribution >= 0.6 is 0 Å². The first-order chi connectivity index (χ1) is 10.6. The third-order valence-electron chi connectivity index (χ3n) is 2.58. The van der Waals surface area contributed by atoms with Crippen molar-refractivity contribution in [3.8, 4) is 5.75 Å². The van der Waals surface area contributed by atoms with Gasteiger partial charge in [-0.15, -0.1) is 0 Å².